The van der Waals surface area contributed by atoms with Gasteiger partial charge in [0.15, 0.2) is 37.2 Å². The van der Waals surface area contributed by atoms with Crippen LogP contribution in [0, 0.1) is 20.8 Å². The predicted molar refractivity (Wildman–Crippen MR) is 145 cm³/mol. The second-order valence-electron chi connectivity index (χ2n) is 9.21. The molecule has 0 saturated heterocycles. The van der Waals surface area contributed by atoms with E-state index in [0.29, 0.717) is 0 Å². The molecule has 0 spiro atoms. The van der Waals surface area contributed by atoms with E-state index in [1.165, 1.54) is 55.2 Å². The molecular weight excluding hydrogens is 461 g/mol. The minimum absolute atomic E-state index is 1.15. The molecule has 0 aliphatic heterocycles. The molecule has 0 amide bonds. The summed E-state index contributed by atoms with van der Waals surface area (Å²) in [6, 6.07) is 12.7. The molecule has 0 saturated carbocycles. The zero-order valence-electron chi connectivity index (χ0n) is 23.9. The maximum absolute atomic E-state index is 8.42. The Kier molecular flexibility index (Phi) is 21.0. The van der Waals surface area contributed by atoms with E-state index in [4.69, 9.17) is 15.1 Å². The zero-order valence-corrected chi connectivity index (χ0v) is 23.9. The molecular formula is C30H48BN3O3. The topological polar surface area (TPSA) is 80.8 Å². The van der Waals surface area contributed by atoms with Crippen LogP contribution in [-0.4, -0.2) is 7.32 Å². The molecule has 0 fully saturated rings. The summed E-state index contributed by atoms with van der Waals surface area (Å²) >= 11 is 0. The van der Waals surface area contributed by atoms with Gasteiger partial charge in [0.05, 0.1) is 0 Å². The van der Waals surface area contributed by atoms with Gasteiger partial charge >= 0.3 is 0 Å². The molecule has 0 atom stereocenters. The molecule has 7 heteroatoms. The molecule has 3 rings (SSSR count). The molecule has 0 aromatic carbocycles. The summed E-state index contributed by atoms with van der Waals surface area (Å²) in [5, 5.41) is 25.2. The Morgan fingerprint density at radius 3 is 0.973 bits per heavy atom. The third-order valence-electron chi connectivity index (χ3n) is 5.33. The van der Waals surface area contributed by atoms with E-state index in [0.717, 1.165) is 19.6 Å². The summed E-state index contributed by atoms with van der Waals surface area (Å²) < 4.78 is 6.75. The van der Waals surface area contributed by atoms with Gasteiger partial charge in [-0.1, -0.05) is 40.0 Å². The van der Waals surface area contributed by atoms with E-state index in [9.17, 15) is 0 Å². The Balaban J connectivity index is 0.000000490. The highest BCUT2D eigenvalue weighted by Gasteiger charge is 1.98. The van der Waals surface area contributed by atoms with Crippen LogP contribution >= 0.6 is 0 Å². The quantitative estimate of drug-likeness (QED) is 0.328. The molecule has 37 heavy (non-hydrogen) atoms. The van der Waals surface area contributed by atoms with Crippen LogP contribution in [0.2, 0.25) is 0 Å². The second kappa shape index (κ2) is 22.6. The Morgan fingerprint density at radius 2 is 0.784 bits per heavy atom. The van der Waals surface area contributed by atoms with Crippen LogP contribution in [-0.2, 0) is 19.6 Å². The first kappa shape index (κ1) is 34.4. The van der Waals surface area contributed by atoms with Gasteiger partial charge in [-0.15, -0.1) is 0 Å². The molecule has 0 bridgehead atoms. The van der Waals surface area contributed by atoms with Gasteiger partial charge in [0.2, 0.25) is 0 Å². The lowest BCUT2D eigenvalue weighted by Crippen LogP contribution is -2.56. The molecule has 0 aliphatic rings. The maximum atomic E-state index is 8.42. The van der Waals surface area contributed by atoms with Gasteiger partial charge in [-0.2, -0.15) is 0 Å². The number of aryl methyl sites for hydroxylation is 6. The molecule has 3 aromatic rings. The van der Waals surface area contributed by atoms with E-state index in [1.807, 2.05) is 0 Å². The normalized spacial score (nSPS) is 9.65. The average Bonchev–Trinajstić information content (AvgIpc) is 2.86. The van der Waals surface area contributed by atoms with E-state index in [-0.39, 0.29) is 0 Å². The van der Waals surface area contributed by atoms with Crippen molar-refractivity contribution < 1.29 is 28.8 Å². The lowest BCUT2D eigenvalue weighted by atomic mass is 10.3. The van der Waals surface area contributed by atoms with Crippen molar-refractivity contribution in [3.8, 4) is 0 Å². The fraction of sp³-hybridized carbons (Fsp3) is 0.500. The Hall–Kier alpha value is -2.61. The summed E-state index contributed by atoms with van der Waals surface area (Å²) in [5.74, 6) is 0. The average molecular weight is 510 g/mol. The molecule has 3 heterocycles. The molecule has 204 valence electrons. The van der Waals surface area contributed by atoms with Crippen LogP contribution < -0.4 is 28.8 Å². The van der Waals surface area contributed by atoms with Crippen LogP contribution in [0.3, 0.4) is 0 Å². The fourth-order valence-electron chi connectivity index (χ4n) is 3.40. The van der Waals surface area contributed by atoms with Crippen molar-refractivity contribution in [1.29, 1.82) is 0 Å². The van der Waals surface area contributed by atoms with Gasteiger partial charge in [0, 0.05) is 54.2 Å². The number of hydrogen-bond donors (Lipinski definition) is 0. The fourth-order valence-corrected chi connectivity index (χ4v) is 3.40. The molecule has 6 nitrogen and oxygen atoms in total. The van der Waals surface area contributed by atoms with Gasteiger partial charge < -0.3 is 15.1 Å². The van der Waals surface area contributed by atoms with Crippen molar-refractivity contribution in [3.63, 3.8) is 0 Å². The van der Waals surface area contributed by atoms with Crippen LogP contribution in [0.15, 0.2) is 73.6 Å². The predicted octanol–water partition coefficient (Wildman–Crippen LogP) is 2.30. The highest BCUT2D eigenvalue weighted by molar-refractivity contribution is 6.24. The van der Waals surface area contributed by atoms with Crippen LogP contribution in [0.1, 0.15) is 76.0 Å². The van der Waals surface area contributed by atoms with E-state index in [2.05, 4.69) is 129 Å². The molecule has 0 radical (unpaired) electrons. The minimum Gasteiger partial charge on any atom is -0.907 e. The van der Waals surface area contributed by atoms with Crippen molar-refractivity contribution in [2.45, 2.75) is 99.7 Å². The lowest BCUT2D eigenvalue weighted by Gasteiger charge is -2.35. The number of nitrogens with zero attached hydrogens (tertiary/aromatic N) is 3. The zero-order chi connectivity index (χ0) is 27.9. The standard InChI is InChI=1S/3C10H16N.BO3/c3*1-3-4-7-11-8-5-6-10(2)9-11;2-1(3)4/h3*5-6,8-9H,3-4,7H2,1-2H3;/q3*+1;-3. The molecule has 0 unspecified atom stereocenters. The minimum atomic E-state index is -2.92. The van der Waals surface area contributed by atoms with Gasteiger partial charge in [-0.25, -0.2) is 13.7 Å². The van der Waals surface area contributed by atoms with Crippen molar-refractivity contribution in [2.24, 2.45) is 0 Å². The van der Waals surface area contributed by atoms with Gasteiger partial charge in [0.1, 0.15) is 19.6 Å². The first-order valence-corrected chi connectivity index (χ1v) is 13.6. The van der Waals surface area contributed by atoms with Gasteiger partial charge in [-0.3, -0.25) is 7.32 Å². The van der Waals surface area contributed by atoms with Gasteiger partial charge in [-0.05, 0) is 39.0 Å². The van der Waals surface area contributed by atoms with Crippen molar-refractivity contribution in [2.75, 3.05) is 0 Å². The highest BCUT2D eigenvalue weighted by atomic mass is 16.5. The maximum Gasteiger partial charge on any atom is 0.171 e. The Bertz CT molecular complexity index is 834. The molecule has 0 N–H and O–H groups in total. The summed E-state index contributed by atoms with van der Waals surface area (Å²) in [7, 11) is -2.92. The summed E-state index contributed by atoms with van der Waals surface area (Å²) in [6.45, 7) is 16.5. The van der Waals surface area contributed by atoms with E-state index < -0.39 is 7.32 Å². The first-order valence-electron chi connectivity index (χ1n) is 13.6. The number of hydrogen-bond acceptors (Lipinski definition) is 3. The van der Waals surface area contributed by atoms with Crippen molar-refractivity contribution >= 4 is 7.32 Å². The van der Waals surface area contributed by atoms with Crippen molar-refractivity contribution in [3.05, 3.63) is 90.3 Å². The Morgan fingerprint density at radius 1 is 0.541 bits per heavy atom. The second-order valence-corrected chi connectivity index (χ2v) is 9.21. The summed E-state index contributed by atoms with van der Waals surface area (Å²) in [6.07, 6.45) is 20.6. The molecule has 0 aliphatic carbocycles. The third kappa shape index (κ3) is 21.2. The molecule has 3 aromatic heterocycles. The lowest BCUT2D eigenvalue weighted by molar-refractivity contribution is -0.697. The van der Waals surface area contributed by atoms with Gasteiger partial charge in [0.25, 0.3) is 0 Å². The Labute approximate surface area is 226 Å². The van der Waals surface area contributed by atoms with E-state index in [1.54, 1.807) is 0 Å². The third-order valence-corrected chi connectivity index (χ3v) is 5.33. The number of rotatable bonds is 9. The first-order chi connectivity index (χ1) is 17.7. The summed E-state index contributed by atoms with van der Waals surface area (Å²) in [4.78, 5) is 0. The largest absolute Gasteiger partial charge is 0.907 e. The smallest absolute Gasteiger partial charge is 0.171 e. The van der Waals surface area contributed by atoms with Crippen molar-refractivity contribution in [1.82, 2.24) is 0 Å². The highest BCUT2D eigenvalue weighted by Crippen LogP contribution is 1.93. The number of pyridine rings is 3. The van der Waals surface area contributed by atoms with Crippen LogP contribution in [0.4, 0.5) is 0 Å². The summed E-state index contributed by atoms with van der Waals surface area (Å²) in [5.41, 5.74) is 4.01. The number of unbranched alkanes of at least 4 members (excludes halogenated alkanes) is 3. The number of aromatic nitrogens is 3. The van der Waals surface area contributed by atoms with Crippen LogP contribution in [0.25, 0.3) is 0 Å². The van der Waals surface area contributed by atoms with E-state index >= 15 is 0 Å². The monoisotopic (exact) mass is 509 g/mol. The SMILES string of the molecule is CCCC[n+]1cccc(C)c1.CCCC[n+]1cccc(C)c1.CCCC[n+]1cccc(C)c1.[O-]B([O-])[O-]. The van der Waals surface area contributed by atoms with Crippen LogP contribution in [0.5, 0.6) is 0 Å².